The molecule has 0 amide bonds. The molecule has 1 aromatic rings. The lowest BCUT2D eigenvalue weighted by molar-refractivity contribution is 0.243. The first-order valence-electron chi connectivity index (χ1n) is 5.27. The van der Waals surface area contributed by atoms with Crippen molar-refractivity contribution in [2.24, 2.45) is 0 Å². The fourth-order valence-electron chi connectivity index (χ4n) is 1.88. The van der Waals surface area contributed by atoms with Crippen LogP contribution in [0.5, 0.6) is 5.75 Å². The summed E-state index contributed by atoms with van der Waals surface area (Å²) < 4.78 is 6.96. The largest absolute Gasteiger partial charge is 0.485 e. The molecule has 0 aliphatic heterocycles. The van der Waals surface area contributed by atoms with Gasteiger partial charge in [0, 0.05) is 0 Å². The predicted molar refractivity (Wildman–Crippen MR) is 66.3 cm³/mol. The molecule has 0 N–H and O–H groups in total. The van der Waals surface area contributed by atoms with E-state index in [0.717, 1.165) is 23.1 Å². The van der Waals surface area contributed by atoms with Crippen LogP contribution < -0.4 is 4.74 Å². The lowest BCUT2D eigenvalue weighted by atomic mass is 10.2. The molecule has 1 fully saturated rings. The van der Waals surface area contributed by atoms with Gasteiger partial charge in [0.25, 0.3) is 0 Å². The van der Waals surface area contributed by atoms with Gasteiger partial charge in [0.05, 0.1) is 4.47 Å². The second-order valence-electron chi connectivity index (χ2n) is 4.09. The van der Waals surface area contributed by atoms with Gasteiger partial charge in [0.2, 0.25) is 0 Å². The van der Waals surface area contributed by atoms with E-state index in [4.69, 9.17) is 4.74 Å². The van der Waals surface area contributed by atoms with Crippen LogP contribution in [0, 0.1) is 6.92 Å². The quantitative estimate of drug-likeness (QED) is 0.728. The molecule has 0 bridgehead atoms. The number of hydrogen-bond acceptors (Lipinski definition) is 1. The van der Waals surface area contributed by atoms with Crippen molar-refractivity contribution in [3.8, 4) is 5.75 Å². The molecule has 15 heavy (non-hydrogen) atoms. The Morgan fingerprint density at radius 2 is 2.27 bits per heavy atom. The van der Waals surface area contributed by atoms with E-state index in [9.17, 15) is 0 Å². The summed E-state index contributed by atoms with van der Waals surface area (Å²) in [6, 6.07) is 6.16. The molecule has 1 atom stereocenters. The fourth-order valence-corrected chi connectivity index (χ4v) is 2.46. The second kappa shape index (κ2) is 4.40. The van der Waals surface area contributed by atoms with Crippen LogP contribution in [-0.4, -0.2) is 6.10 Å². The second-order valence-corrected chi connectivity index (χ2v) is 4.95. The Balaban J connectivity index is 2.13. The number of rotatable bonds is 2. The number of aryl methyl sites for hydroxylation is 1. The van der Waals surface area contributed by atoms with Crippen LogP contribution in [-0.2, 0) is 0 Å². The van der Waals surface area contributed by atoms with Crippen molar-refractivity contribution in [2.45, 2.75) is 32.3 Å². The van der Waals surface area contributed by atoms with Crippen LogP contribution >= 0.6 is 15.9 Å². The summed E-state index contributed by atoms with van der Waals surface area (Å²) in [7, 11) is 0. The third-order valence-electron chi connectivity index (χ3n) is 2.78. The van der Waals surface area contributed by atoms with Crippen LogP contribution in [0.25, 0.3) is 0 Å². The zero-order valence-corrected chi connectivity index (χ0v) is 10.5. The third-order valence-corrected chi connectivity index (χ3v) is 3.40. The Kier molecular flexibility index (Phi) is 3.15. The summed E-state index contributed by atoms with van der Waals surface area (Å²) >= 11 is 3.52. The SMILES string of the molecule is C=C1CCCC1Oc1ccc(C)cc1Br. The van der Waals surface area contributed by atoms with Crippen LogP contribution in [0.1, 0.15) is 24.8 Å². The van der Waals surface area contributed by atoms with Crippen molar-refractivity contribution in [2.75, 3.05) is 0 Å². The molecular formula is C13H15BrO. The van der Waals surface area contributed by atoms with Crippen LogP contribution in [0.2, 0.25) is 0 Å². The Hall–Kier alpha value is -0.760. The maximum absolute atomic E-state index is 5.93. The molecule has 0 saturated heterocycles. The average Bonchev–Trinajstić information content (AvgIpc) is 2.57. The molecule has 1 unspecified atom stereocenters. The number of benzene rings is 1. The van der Waals surface area contributed by atoms with Crippen molar-refractivity contribution < 1.29 is 4.74 Å². The van der Waals surface area contributed by atoms with Crippen molar-refractivity contribution in [3.63, 3.8) is 0 Å². The minimum atomic E-state index is 0.212. The highest BCUT2D eigenvalue weighted by Crippen LogP contribution is 2.32. The summed E-state index contributed by atoms with van der Waals surface area (Å²) in [6.07, 6.45) is 3.62. The summed E-state index contributed by atoms with van der Waals surface area (Å²) in [6.45, 7) is 6.11. The summed E-state index contributed by atoms with van der Waals surface area (Å²) in [5.41, 5.74) is 2.46. The van der Waals surface area contributed by atoms with Crippen molar-refractivity contribution in [1.82, 2.24) is 0 Å². The smallest absolute Gasteiger partial charge is 0.134 e. The topological polar surface area (TPSA) is 9.23 Å². The lowest BCUT2D eigenvalue weighted by Crippen LogP contribution is -2.13. The van der Waals surface area contributed by atoms with E-state index in [0.29, 0.717) is 0 Å². The number of hydrogen-bond donors (Lipinski definition) is 0. The molecular weight excluding hydrogens is 252 g/mol. The van der Waals surface area contributed by atoms with Gasteiger partial charge in [-0.3, -0.25) is 0 Å². The average molecular weight is 267 g/mol. The third kappa shape index (κ3) is 2.43. The molecule has 0 heterocycles. The van der Waals surface area contributed by atoms with Crippen molar-refractivity contribution in [3.05, 3.63) is 40.4 Å². The molecule has 2 heteroatoms. The Morgan fingerprint density at radius 1 is 1.47 bits per heavy atom. The Bertz CT molecular complexity index is 384. The van der Waals surface area contributed by atoms with E-state index in [1.165, 1.54) is 17.6 Å². The standard InChI is InChI=1S/C13H15BrO/c1-9-6-7-13(11(14)8-9)15-12-5-3-4-10(12)2/h6-8,12H,2-5H2,1H3. The first-order chi connectivity index (χ1) is 7.16. The molecule has 1 nitrogen and oxygen atoms in total. The fraction of sp³-hybridized carbons (Fsp3) is 0.385. The minimum absolute atomic E-state index is 0.212. The minimum Gasteiger partial charge on any atom is -0.485 e. The summed E-state index contributed by atoms with van der Waals surface area (Å²) in [4.78, 5) is 0. The number of ether oxygens (including phenoxy) is 1. The van der Waals surface area contributed by atoms with Crippen LogP contribution in [0.4, 0.5) is 0 Å². The lowest BCUT2D eigenvalue weighted by Gasteiger charge is -2.16. The van der Waals surface area contributed by atoms with E-state index in [2.05, 4.69) is 41.6 Å². The van der Waals surface area contributed by atoms with Gasteiger partial charge in [0.15, 0.2) is 0 Å². The van der Waals surface area contributed by atoms with Gasteiger partial charge in [-0.1, -0.05) is 12.6 Å². The van der Waals surface area contributed by atoms with E-state index in [-0.39, 0.29) is 6.10 Å². The molecule has 1 aromatic carbocycles. The molecule has 1 saturated carbocycles. The zero-order chi connectivity index (χ0) is 10.8. The van der Waals surface area contributed by atoms with Crippen molar-refractivity contribution in [1.29, 1.82) is 0 Å². The highest BCUT2D eigenvalue weighted by molar-refractivity contribution is 9.10. The maximum Gasteiger partial charge on any atom is 0.134 e. The highest BCUT2D eigenvalue weighted by atomic mass is 79.9. The molecule has 1 aliphatic rings. The molecule has 80 valence electrons. The number of halogens is 1. The van der Waals surface area contributed by atoms with Gasteiger partial charge in [-0.25, -0.2) is 0 Å². The summed E-state index contributed by atoms with van der Waals surface area (Å²) in [5.74, 6) is 0.925. The van der Waals surface area contributed by atoms with E-state index in [1.54, 1.807) is 0 Å². The van der Waals surface area contributed by atoms with Gasteiger partial charge in [-0.2, -0.15) is 0 Å². The van der Waals surface area contributed by atoms with E-state index < -0.39 is 0 Å². The van der Waals surface area contributed by atoms with Gasteiger partial charge in [-0.05, 0) is 65.4 Å². The van der Waals surface area contributed by atoms with Gasteiger partial charge in [-0.15, -0.1) is 0 Å². The van der Waals surface area contributed by atoms with Crippen LogP contribution in [0.15, 0.2) is 34.8 Å². The van der Waals surface area contributed by atoms with Gasteiger partial charge in [0.1, 0.15) is 11.9 Å². The van der Waals surface area contributed by atoms with Crippen LogP contribution in [0.3, 0.4) is 0 Å². The van der Waals surface area contributed by atoms with Gasteiger partial charge < -0.3 is 4.74 Å². The van der Waals surface area contributed by atoms with E-state index >= 15 is 0 Å². The monoisotopic (exact) mass is 266 g/mol. The normalized spacial score (nSPS) is 20.7. The van der Waals surface area contributed by atoms with E-state index in [1.807, 2.05) is 6.07 Å². The van der Waals surface area contributed by atoms with Gasteiger partial charge >= 0.3 is 0 Å². The first-order valence-corrected chi connectivity index (χ1v) is 6.06. The molecule has 0 aromatic heterocycles. The Morgan fingerprint density at radius 3 is 2.87 bits per heavy atom. The predicted octanol–water partition coefficient (Wildman–Crippen LogP) is 4.25. The highest BCUT2D eigenvalue weighted by Gasteiger charge is 2.21. The summed E-state index contributed by atoms with van der Waals surface area (Å²) in [5, 5.41) is 0. The zero-order valence-electron chi connectivity index (χ0n) is 8.92. The van der Waals surface area contributed by atoms with Crippen molar-refractivity contribution >= 4 is 15.9 Å². The molecule has 1 aliphatic carbocycles. The first kappa shape index (κ1) is 10.7. The molecule has 0 radical (unpaired) electrons. The Labute approximate surface area is 99.3 Å². The maximum atomic E-state index is 5.93. The molecule has 2 rings (SSSR count). The molecule has 0 spiro atoms.